The van der Waals surface area contributed by atoms with Crippen LogP contribution >= 0.6 is 0 Å². The zero-order chi connectivity index (χ0) is 38.5. The normalized spacial score (nSPS) is 13.6. The van der Waals surface area contributed by atoms with Gasteiger partial charge in [0.2, 0.25) is 0 Å². The molecule has 0 aromatic carbocycles. The molecule has 0 aromatic heterocycles. The summed E-state index contributed by atoms with van der Waals surface area (Å²) in [5.74, 6) is -1.81. The third kappa shape index (κ3) is 32.9. The van der Waals surface area contributed by atoms with Crippen LogP contribution in [0.15, 0.2) is 60.8 Å². The number of aliphatic carboxylic acids is 1. The highest BCUT2D eigenvalue weighted by Crippen LogP contribution is 2.12. The topological polar surface area (TPSA) is 102 Å². The van der Waals surface area contributed by atoms with E-state index in [0.717, 1.165) is 57.8 Å². The SMILES string of the molecule is CCCCC/C=C/C/C=C/C/C=C/C/C=C/C/C=C/CCCCC(=O)OCC(COCCC(C(=O)[O-])[N+](C)(C)C)OC(=O)CCCCCCCCC. The molecule has 2 unspecified atom stereocenters. The number of hydrogen-bond acceptors (Lipinski definition) is 7. The van der Waals surface area contributed by atoms with Crippen molar-refractivity contribution in [2.75, 3.05) is 41.0 Å². The van der Waals surface area contributed by atoms with E-state index in [1.807, 2.05) is 0 Å². The van der Waals surface area contributed by atoms with Crippen LogP contribution in [0, 0.1) is 0 Å². The number of ether oxygens (including phenoxy) is 3. The van der Waals surface area contributed by atoms with Gasteiger partial charge in [0.15, 0.2) is 6.10 Å². The number of esters is 2. The minimum atomic E-state index is -1.13. The molecular weight excluding hydrogens is 654 g/mol. The van der Waals surface area contributed by atoms with Gasteiger partial charge in [-0.05, 0) is 64.2 Å². The van der Waals surface area contributed by atoms with E-state index in [1.54, 1.807) is 21.1 Å². The zero-order valence-electron chi connectivity index (χ0n) is 33.7. The van der Waals surface area contributed by atoms with E-state index in [1.165, 1.54) is 51.4 Å². The van der Waals surface area contributed by atoms with Crippen molar-refractivity contribution in [1.29, 1.82) is 0 Å². The Bertz CT molecular complexity index is 1040. The number of nitrogens with zero attached hydrogens (tertiary/aromatic N) is 1. The molecule has 0 aliphatic carbocycles. The molecule has 52 heavy (non-hydrogen) atoms. The van der Waals surface area contributed by atoms with E-state index in [-0.39, 0.29) is 42.7 Å². The van der Waals surface area contributed by atoms with E-state index >= 15 is 0 Å². The van der Waals surface area contributed by atoms with Gasteiger partial charge in [-0.2, -0.15) is 0 Å². The standard InChI is InChI=1S/C44H75NO7/c1-6-8-10-12-14-15-16-17-18-19-20-21-22-23-24-25-26-27-29-30-32-34-42(46)51-39-40(38-50-37-36-41(44(48)49)45(3,4)5)52-43(47)35-33-31-28-13-11-9-7-2/h14-15,17-18,20-21,23-24,26-27,40-41H,6-13,16,19,22,25,28-39H2,1-5H3/b15-14+,18-17+,21-20+,24-23+,27-26+. The number of rotatable bonds is 35. The van der Waals surface area contributed by atoms with Gasteiger partial charge in [0, 0.05) is 19.3 Å². The highest BCUT2D eigenvalue weighted by atomic mass is 16.6. The molecule has 0 bridgehead atoms. The molecule has 0 saturated carbocycles. The lowest BCUT2D eigenvalue weighted by molar-refractivity contribution is -0.889. The molecule has 8 nitrogen and oxygen atoms in total. The Kier molecular flexibility index (Phi) is 33.1. The third-order valence-electron chi connectivity index (χ3n) is 8.66. The first-order valence-corrected chi connectivity index (χ1v) is 20.3. The Morgan fingerprint density at radius 3 is 1.54 bits per heavy atom. The number of allylic oxidation sites excluding steroid dienone is 10. The van der Waals surface area contributed by atoms with Gasteiger partial charge in [0.1, 0.15) is 12.6 Å². The third-order valence-corrected chi connectivity index (χ3v) is 8.66. The van der Waals surface area contributed by atoms with Crippen molar-refractivity contribution in [2.45, 2.75) is 161 Å². The van der Waals surface area contributed by atoms with Gasteiger partial charge in [0.25, 0.3) is 0 Å². The zero-order valence-corrected chi connectivity index (χ0v) is 33.7. The number of quaternary nitrogens is 1. The highest BCUT2D eigenvalue weighted by Gasteiger charge is 2.25. The van der Waals surface area contributed by atoms with Crippen LogP contribution in [0.25, 0.3) is 0 Å². The smallest absolute Gasteiger partial charge is 0.306 e. The second-order valence-electron chi connectivity index (χ2n) is 14.5. The molecular formula is C44H75NO7. The Morgan fingerprint density at radius 2 is 1.02 bits per heavy atom. The molecule has 0 fully saturated rings. The molecule has 0 spiro atoms. The molecule has 0 radical (unpaired) electrons. The van der Waals surface area contributed by atoms with E-state index in [4.69, 9.17) is 14.2 Å². The monoisotopic (exact) mass is 730 g/mol. The van der Waals surface area contributed by atoms with Crippen LogP contribution in [0.1, 0.15) is 149 Å². The number of carboxylic acid groups (broad SMARTS) is 1. The Labute approximate surface area is 318 Å². The van der Waals surface area contributed by atoms with Crippen LogP contribution in [0.2, 0.25) is 0 Å². The first kappa shape index (κ1) is 49.0. The number of carboxylic acids is 1. The fraction of sp³-hybridized carbons (Fsp3) is 0.705. The Balaban J connectivity index is 4.35. The van der Waals surface area contributed by atoms with E-state index in [2.05, 4.69) is 74.6 Å². The van der Waals surface area contributed by atoms with Crippen LogP contribution in [0.4, 0.5) is 0 Å². The summed E-state index contributed by atoms with van der Waals surface area (Å²) in [5, 5.41) is 11.6. The van der Waals surface area contributed by atoms with Crippen molar-refractivity contribution < 1.29 is 38.2 Å². The quantitative estimate of drug-likeness (QED) is 0.0277. The lowest BCUT2D eigenvalue weighted by Gasteiger charge is -2.34. The maximum absolute atomic E-state index is 12.5. The highest BCUT2D eigenvalue weighted by molar-refractivity contribution is 5.70. The van der Waals surface area contributed by atoms with Gasteiger partial charge in [-0.1, -0.05) is 126 Å². The summed E-state index contributed by atoms with van der Waals surface area (Å²) in [7, 11) is 5.37. The first-order valence-electron chi connectivity index (χ1n) is 20.3. The summed E-state index contributed by atoms with van der Waals surface area (Å²) in [5.41, 5.74) is 0. The largest absolute Gasteiger partial charge is 0.544 e. The Morgan fingerprint density at radius 1 is 0.577 bits per heavy atom. The maximum Gasteiger partial charge on any atom is 0.306 e. The lowest BCUT2D eigenvalue weighted by Crippen LogP contribution is -2.55. The number of unbranched alkanes of at least 4 members (excludes halogenated alkanes) is 11. The van der Waals surface area contributed by atoms with E-state index < -0.39 is 18.1 Å². The second-order valence-corrected chi connectivity index (χ2v) is 14.5. The molecule has 0 aliphatic rings. The second kappa shape index (κ2) is 35.1. The van der Waals surface area contributed by atoms with Crippen LogP contribution in [-0.2, 0) is 28.6 Å². The van der Waals surface area contributed by atoms with Gasteiger partial charge < -0.3 is 28.6 Å². The van der Waals surface area contributed by atoms with E-state index in [0.29, 0.717) is 19.3 Å². The molecule has 8 heteroatoms. The Hall–Kier alpha value is -2.97. The predicted molar refractivity (Wildman–Crippen MR) is 212 cm³/mol. The summed E-state index contributed by atoms with van der Waals surface area (Å²) >= 11 is 0. The molecule has 0 rings (SSSR count). The van der Waals surface area contributed by atoms with Crippen LogP contribution in [-0.4, -0.2) is 75.5 Å². The van der Waals surface area contributed by atoms with Gasteiger partial charge in [-0.15, -0.1) is 0 Å². The van der Waals surface area contributed by atoms with Crippen LogP contribution in [0.3, 0.4) is 0 Å². The fourth-order valence-electron chi connectivity index (χ4n) is 5.44. The summed E-state index contributed by atoms with van der Waals surface area (Å²) in [4.78, 5) is 36.5. The number of likely N-dealkylation sites (N-methyl/N-ethyl adjacent to an activating group) is 1. The number of hydrogen-bond donors (Lipinski definition) is 0. The van der Waals surface area contributed by atoms with Crippen molar-refractivity contribution in [3.05, 3.63) is 60.8 Å². The molecule has 2 atom stereocenters. The van der Waals surface area contributed by atoms with E-state index in [9.17, 15) is 19.5 Å². The van der Waals surface area contributed by atoms with Crippen molar-refractivity contribution in [3.8, 4) is 0 Å². The first-order chi connectivity index (χ1) is 25.1. The summed E-state index contributed by atoms with van der Waals surface area (Å²) < 4.78 is 17.0. The fourth-order valence-corrected chi connectivity index (χ4v) is 5.44. The molecule has 0 saturated heterocycles. The summed E-state index contributed by atoms with van der Waals surface area (Å²) in [6.45, 7) is 4.52. The van der Waals surface area contributed by atoms with Crippen LogP contribution in [0.5, 0.6) is 0 Å². The summed E-state index contributed by atoms with van der Waals surface area (Å²) in [6.07, 6.45) is 41.2. The number of carbonyl (C=O) groups excluding carboxylic acids is 3. The molecule has 298 valence electrons. The predicted octanol–water partition coefficient (Wildman–Crippen LogP) is 9.30. The van der Waals surface area contributed by atoms with Crippen LogP contribution < -0.4 is 5.11 Å². The minimum absolute atomic E-state index is 0.0250. The number of carbonyl (C=O) groups is 3. The molecule has 0 heterocycles. The van der Waals surface area contributed by atoms with Crippen molar-refractivity contribution in [3.63, 3.8) is 0 Å². The van der Waals surface area contributed by atoms with Gasteiger partial charge >= 0.3 is 11.9 Å². The van der Waals surface area contributed by atoms with Gasteiger partial charge in [0.05, 0.1) is 40.3 Å². The molecule has 0 aromatic rings. The van der Waals surface area contributed by atoms with Crippen molar-refractivity contribution in [2.24, 2.45) is 0 Å². The molecule has 0 amide bonds. The van der Waals surface area contributed by atoms with Crippen molar-refractivity contribution in [1.82, 2.24) is 0 Å². The molecule has 0 N–H and O–H groups in total. The lowest BCUT2D eigenvalue weighted by atomic mass is 10.1. The van der Waals surface area contributed by atoms with Crippen molar-refractivity contribution >= 4 is 17.9 Å². The maximum atomic E-state index is 12.5. The molecule has 0 aliphatic heterocycles. The minimum Gasteiger partial charge on any atom is -0.544 e. The van der Waals surface area contributed by atoms with Gasteiger partial charge in [-0.3, -0.25) is 9.59 Å². The van der Waals surface area contributed by atoms with Gasteiger partial charge in [-0.25, -0.2) is 0 Å². The average molecular weight is 730 g/mol. The average Bonchev–Trinajstić information content (AvgIpc) is 3.09. The summed E-state index contributed by atoms with van der Waals surface area (Å²) in [6, 6.07) is -0.731.